The first kappa shape index (κ1) is 22.8. The third kappa shape index (κ3) is 4.91. The smallest absolute Gasteiger partial charge is 0.133 e. The van der Waals surface area contributed by atoms with Gasteiger partial charge in [0.15, 0.2) is 0 Å². The van der Waals surface area contributed by atoms with Crippen molar-refractivity contribution in [2.24, 2.45) is 53.3 Å². The number of fused-ring (bicyclic) bond motifs is 3. The van der Waals surface area contributed by atoms with Crippen molar-refractivity contribution in [3.8, 4) is 0 Å². The van der Waals surface area contributed by atoms with Crippen LogP contribution in [-0.4, -0.2) is 5.78 Å². The molecule has 0 aromatic carbocycles. The summed E-state index contributed by atoms with van der Waals surface area (Å²) in [5.41, 5.74) is 1.48. The van der Waals surface area contributed by atoms with Crippen LogP contribution >= 0.6 is 0 Å². The number of carbonyl (C=O) groups excluding carboxylic acids is 1. The normalized spacial score (nSPS) is 36.6. The van der Waals surface area contributed by atoms with Crippen LogP contribution in [0.1, 0.15) is 92.9 Å². The number of allylic oxidation sites excluding steroid dienone is 4. The lowest BCUT2D eigenvalue weighted by molar-refractivity contribution is -0.116. The van der Waals surface area contributed by atoms with E-state index in [4.69, 9.17) is 0 Å². The van der Waals surface area contributed by atoms with Gasteiger partial charge < -0.3 is 0 Å². The molecule has 0 aromatic rings. The van der Waals surface area contributed by atoms with Gasteiger partial charge in [-0.25, -0.2) is 0 Å². The molecule has 164 valence electrons. The molecule has 0 saturated heterocycles. The predicted octanol–water partition coefficient (Wildman–Crippen LogP) is 7.86. The highest BCUT2D eigenvalue weighted by molar-refractivity contribution is 5.78. The molecule has 0 aromatic heterocycles. The van der Waals surface area contributed by atoms with E-state index < -0.39 is 0 Å². The van der Waals surface area contributed by atoms with Crippen LogP contribution < -0.4 is 0 Å². The van der Waals surface area contributed by atoms with Crippen LogP contribution in [0.15, 0.2) is 23.8 Å². The van der Waals surface area contributed by atoms with E-state index in [9.17, 15) is 4.79 Å². The molecular weight excluding hydrogens is 352 g/mol. The Bertz CT molecular complexity index is 612. The number of rotatable bonds is 8. The minimum absolute atomic E-state index is 0.343. The fourth-order valence-electron chi connectivity index (χ4n) is 7.57. The molecule has 8 atom stereocenters. The Morgan fingerprint density at radius 1 is 1.00 bits per heavy atom. The lowest BCUT2D eigenvalue weighted by Crippen LogP contribution is -2.40. The molecule has 0 aliphatic heterocycles. The summed E-state index contributed by atoms with van der Waals surface area (Å²) < 4.78 is 0. The summed E-state index contributed by atoms with van der Waals surface area (Å²) in [4.78, 5) is 11.8. The average molecular weight is 399 g/mol. The SMILES string of the molecule is CCC(/C=C/C(C)C1CCC2C1CCC1C(CC)C(CC(C)=O)=CCC12)C(C)C. The number of hydrogen-bond acceptors (Lipinski definition) is 1. The van der Waals surface area contributed by atoms with Crippen LogP contribution in [0.3, 0.4) is 0 Å². The van der Waals surface area contributed by atoms with Gasteiger partial charge >= 0.3 is 0 Å². The van der Waals surface area contributed by atoms with Gasteiger partial charge in [0.05, 0.1) is 0 Å². The van der Waals surface area contributed by atoms with E-state index in [0.29, 0.717) is 18.1 Å². The Kier molecular flexibility index (Phi) is 7.85. The van der Waals surface area contributed by atoms with Crippen molar-refractivity contribution < 1.29 is 4.79 Å². The summed E-state index contributed by atoms with van der Waals surface area (Å²) in [6, 6.07) is 0. The second-order valence-electron chi connectivity index (χ2n) is 10.9. The first-order chi connectivity index (χ1) is 13.9. The zero-order chi connectivity index (χ0) is 21.1. The van der Waals surface area contributed by atoms with Gasteiger partial charge in [-0.05, 0) is 105 Å². The first-order valence-corrected chi connectivity index (χ1v) is 12.7. The number of carbonyl (C=O) groups is 1. The van der Waals surface area contributed by atoms with Gasteiger partial charge in [-0.1, -0.05) is 58.4 Å². The van der Waals surface area contributed by atoms with E-state index >= 15 is 0 Å². The van der Waals surface area contributed by atoms with Gasteiger partial charge in [0.1, 0.15) is 5.78 Å². The summed E-state index contributed by atoms with van der Waals surface area (Å²) in [5, 5.41) is 0. The predicted molar refractivity (Wildman–Crippen MR) is 125 cm³/mol. The molecule has 1 nitrogen and oxygen atoms in total. The van der Waals surface area contributed by atoms with Gasteiger partial charge in [0.2, 0.25) is 0 Å². The minimum Gasteiger partial charge on any atom is -0.300 e. The van der Waals surface area contributed by atoms with Crippen LogP contribution in [0.2, 0.25) is 0 Å². The molecule has 0 radical (unpaired) electrons. The third-order valence-electron chi connectivity index (χ3n) is 9.07. The second-order valence-corrected chi connectivity index (χ2v) is 10.9. The monoisotopic (exact) mass is 398 g/mol. The average Bonchev–Trinajstić information content (AvgIpc) is 3.11. The molecule has 1 heteroatoms. The molecule has 2 fully saturated rings. The maximum Gasteiger partial charge on any atom is 0.133 e. The largest absolute Gasteiger partial charge is 0.300 e. The van der Waals surface area contributed by atoms with Gasteiger partial charge in [-0.15, -0.1) is 0 Å². The number of Topliss-reactive ketones (excluding diaryl/α,β-unsaturated/α-hetero) is 1. The van der Waals surface area contributed by atoms with Crippen LogP contribution in [0, 0.1) is 53.3 Å². The molecule has 0 spiro atoms. The van der Waals surface area contributed by atoms with Crippen molar-refractivity contribution in [3.05, 3.63) is 23.8 Å². The Morgan fingerprint density at radius 2 is 1.69 bits per heavy atom. The number of ketones is 1. The molecule has 3 aliphatic carbocycles. The summed E-state index contributed by atoms with van der Waals surface area (Å²) in [7, 11) is 0. The van der Waals surface area contributed by atoms with Crippen molar-refractivity contribution in [3.63, 3.8) is 0 Å². The maximum atomic E-state index is 11.8. The zero-order valence-electron chi connectivity index (χ0n) is 20.0. The fraction of sp³-hybridized carbons (Fsp3) is 0.821. The van der Waals surface area contributed by atoms with Crippen molar-refractivity contribution in [1.82, 2.24) is 0 Å². The van der Waals surface area contributed by atoms with Crippen LogP contribution in [0.25, 0.3) is 0 Å². The standard InChI is InChI=1S/C28H46O/c1-7-21(18(3)4)10-9-19(5)24-13-14-28-26(24)16-15-25-23(8-2)22(17-20(6)29)11-12-27(25)28/h9-11,18-19,21,23-28H,7-8,12-17H2,1-6H3/b10-9+. The Balaban J connectivity index is 1.69. The van der Waals surface area contributed by atoms with Gasteiger partial charge in [-0.3, -0.25) is 4.79 Å². The Morgan fingerprint density at radius 3 is 2.31 bits per heavy atom. The van der Waals surface area contributed by atoms with Gasteiger partial charge in [-0.2, -0.15) is 0 Å². The Labute approximate surface area is 180 Å². The first-order valence-electron chi connectivity index (χ1n) is 12.7. The molecule has 0 bridgehead atoms. The summed E-state index contributed by atoms with van der Waals surface area (Å²) in [6.07, 6.45) is 17.7. The molecule has 2 saturated carbocycles. The molecule has 0 N–H and O–H groups in total. The van der Waals surface area contributed by atoms with Crippen LogP contribution in [0.4, 0.5) is 0 Å². The second kappa shape index (κ2) is 9.97. The van der Waals surface area contributed by atoms with Gasteiger partial charge in [0, 0.05) is 6.42 Å². The summed E-state index contributed by atoms with van der Waals surface area (Å²) in [5.74, 6) is 7.72. The number of hydrogen-bond donors (Lipinski definition) is 0. The molecule has 0 heterocycles. The van der Waals surface area contributed by atoms with E-state index in [1.165, 1.54) is 50.5 Å². The molecule has 3 rings (SSSR count). The molecular formula is C28H46O. The maximum absolute atomic E-state index is 11.8. The molecule has 3 aliphatic rings. The van der Waals surface area contributed by atoms with Gasteiger partial charge in [0.25, 0.3) is 0 Å². The van der Waals surface area contributed by atoms with E-state index in [2.05, 4.69) is 52.8 Å². The third-order valence-corrected chi connectivity index (χ3v) is 9.07. The zero-order valence-corrected chi connectivity index (χ0v) is 20.0. The van der Waals surface area contributed by atoms with E-state index in [1.807, 2.05) is 0 Å². The topological polar surface area (TPSA) is 17.1 Å². The van der Waals surface area contributed by atoms with E-state index in [1.54, 1.807) is 6.92 Å². The van der Waals surface area contributed by atoms with E-state index in [0.717, 1.165) is 47.3 Å². The highest BCUT2D eigenvalue weighted by Crippen LogP contribution is 2.58. The molecule has 8 unspecified atom stereocenters. The fourth-order valence-corrected chi connectivity index (χ4v) is 7.57. The lowest BCUT2D eigenvalue weighted by atomic mass is 9.57. The summed E-state index contributed by atoms with van der Waals surface area (Å²) >= 11 is 0. The van der Waals surface area contributed by atoms with Crippen molar-refractivity contribution >= 4 is 5.78 Å². The quantitative estimate of drug-likeness (QED) is 0.380. The lowest BCUT2D eigenvalue weighted by Gasteiger charge is -2.48. The molecule has 0 amide bonds. The van der Waals surface area contributed by atoms with E-state index in [-0.39, 0.29) is 0 Å². The highest BCUT2D eigenvalue weighted by atomic mass is 16.1. The van der Waals surface area contributed by atoms with Crippen molar-refractivity contribution in [2.75, 3.05) is 0 Å². The molecule has 29 heavy (non-hydrogen) atoms. The van der Waals surface area contributed by atoms with Crippen molar-refractivity contribution in [1.29, 1.82) is 0 Å². The minimum atomic E-state index is 0.343. The van der Waals surface area contributed by atoms with Crippen molar-refractivity contribution in [2.45, 2.75) is 92.9 Å². The Hall–Kier alpha value is -0.850. The van der Waals surface area contributed by atoms with Crippen LogP contribution in [0.5, 0.6) is 0 Å². The highest BCUT2D eigenvalue weighted by Gasteiger charge is 2.49. The summed E-state index contributed by atoms with van der Waals surface area (Å²) in [6.45, 7) is 13.6. The van der Waals surface area contributed by atoms with Crippen LogP contribution in [-0.2, 0) is 4.79 Å².